The van der Waals surface area contributed by atoms with Crippen molar-refractivity contribution < 1.29 is 15.0 Å². The van der Waals surface area contributed by atoms with Gasteiger partial charge in [-0.05, 0) is 5.90 Å². The molecular formula is C4H7N2O3-. The number of hydrogen-bond donors (Lipinski definition) is 3. The van der Waals surface area contributed by atoms with Gasteiger partial charge in [-0.1, -0.05) is 0 Å². The molecule has 0 bridgehead atoms. The molecule has 0 aromatic heterocycles. The minimum absolute atomic E-state index is 0.470. The fourth-order valence-corrected chi connectivity index (χ4v) is 0.281. The molecule has 1 atom stereocenters. The van der Waals surface area contributed by atoms with Crippen LogP contribution >= 0.6 is 0 Å². The first-order valence-corrected chi connectivity index (χ1v) is 2.27. The monoisotopic (exact) mass is 131 g/mol. The lowest BCUT2D eigenvalue weighted by atomic mass is 10.2. The second-order valence-electron chi connectivity index (χ2n) is 1.57. The van der Waals surface area contributed by atoms with Crippen LogP contribution in [0, 0.1) is 5.41 Å². The molecule has 0 aliphatic carbocycles. The number of carbonyl (C=O) groups is 1. The predicted molar refractivity (Wildman–Crippen MR) is 28.0 cm³/mol. The third kappa shape index (κ3) is 3.48. The molecule has 0 saturated heterocycles. The van der Waals surface area contributed by atoms with Gasteiger partial charge in [0.15, 0.2) is 0 Å². The van der Waals surface area contributed by atoms with Crippen LogP contribution in [-0.4, -0.2) is 23.0 Å². The van der Waals surface area contributed by atoms with Gasteiger partial charge < -0.3 is 21.4 Å². The lowest BCUT2D eigenvalue weighted by Crippen LogP contribution is -2.39. The van der Waals surface area contributed by atoms with E-state index < -0.39 is 24.3 Å². The van der Waals surface area contributed by atoms with Gasteiger partial charge in [-0.25, -0.2) is 0 Å². The Bertz CT molecular complexity index is 134. The molecule has 0 aliphatic heterocycles. The summed E-state index contributed by atoms with van der Waals surface area (Å²) in [4.78, 5) is 9.80. The molecule has 0 aromatic carbocycles. The summed E-state index contributed by atoms with van der Waals surface area (Å²) in [5.41, 5.74) is 4.90. The van der Waals surface area contributed by atoms with Crippen molar-refractivity contribution in [2.45, 2.75) is 12.5 Å². The average Bonchev–Trinajstić information content (AvgIpc) is 1.63. The van der Waals surface area contributed by atoms with E-state index >= 15 is 0 Å². The van der Waals surface area contributed by atoms with Crippen LogP contribution in [0.2, 0.25) is 0 Å². The largest absolute Gasteiger partial charge is 0.861 e. The number of aliphatic carboxylic acids is 1. The molecule has 0 rings (SSSR count). The van der Waals surface area contributed by atoms with Crippen molar-refractivity contribution in [3.63, 3.8) is 0 Å². The molecule has 0 unspecified atom stereocenters. The van der Waals surface area contributed by atoms with Crippen molar-refractivity contribution in [2.75, 3.05) is 0 Å². The van der Waals surface area contributed by atoms with Gasteiger partial charge >= 0.3 is 5.97 Å². The van der Waals surface area contributed by atoms with Crippen LogP contribution in [-0.2, 0) is 4.79 Å². The molecule has 4 N–H and O–H groups in total. The molecule has 0 radical (unpaired) electrons. The molecule has 0 spiro atoms. The average molecular weight is 131 g/mol. The van der Waals surface area contributed by atoms with Crippen LogP contribution in [0.3, 0.4) is 0 Å². The number of hydrogen-bond acceptors (Lipinski definition) is 4. The highest BCUT2D eigenvalue weighted by molar-refractivity contribution is 5.80. The fourth-order valence-electron chi connectivity index (χ4n) is 0.281. The Hall–Kier alpha value is -1.10. The molecule has 9 heavy (non-hydrogen) atoms. The highest BCUT2D eigenvalue weighted by Gasteiger charge is 2.05. The molecule has 0 heterocycles. The Morgan fingerprint density at radius 2 is 2.33 bits per heavy atom. The van der Waals surface area contributed by atoms with E-state index in [1.165, 1.54) is 0 Å². The minimum atomic E-state index is -1.18. The van der Waals surface area contributed by atoms with E-state index in [1.54, 1.807) is 0 Å². The zero-order valence-corrected chi connectivity index (χ0v) is 4.63. The van der Waals surface area contributed by atoms with Crippen molar-refractivity contribution >= 4 is 11.9 Å². The highest BCUT2D eigenvalue weighted by atomic mass is 16.4. The van der Waals surface area contributed by atoms with Crippen LogP contribution < -0.4 is 10.8 Å². The summed E-state index contributed by atoms with van der Waals surface area (Å²) < 4.78 is 0. The molecule has 0 aromatic rings. The maximum Gasteiger partial charge on any atom is 0.305 e. The van der Waals surface area contributed by atoms with Crippen molar-refractivity contribution in [3.8, 4) is 0 Å². The summed E-state index contributed by atoms with van der Waals surface area (Å²) in [5, 5.41) is 24.3. The second kappa shape index (κ2) is 3.03. The lowest BCUT2D eigenvalue weighted by Gasteiger charge is -2.13. The summed E-state index contributed by atoms with van der Waals surface area (Å²) in [5.74, 6) is -2.21. The van der Waals surface area contributed by atoms with E-state index in [-0.39, 0.29) is 0 Å². The SMILES string of the molecule is N=C([O-])[C@@H](N)CC(=O)O. The zero-order valence-electron chi connectivity index (χ0n) is 4.63. The van der Waals surface area contributed by atoms with Gasteiger partial charge in [-0.15, -0.1) is 0 Å². The zero-order chi connectivity index (χ0) is 7.44. The fraction of sp³-hybridized carbons (Fsp3) is 0.500. The normalized spacial score (nSPS) is 12.6. The Morgan fingerprint density at radius 3 is 2.44 bits per heavy atom. The number of nitrogens with two attached hydrogens (primary N) is 1. The van der Waals surface area contributed by atoms with Gasteiger partial charge in [-0.2, -0.15) is 0 Å². The minimum Gasteiger partial charge on any atom is -0.861 e. The highest BCUT2D eigenvalue weighted by Crippen LogP contribution is 1.84. The van der Waals surface area contributed by atoms with Gasteiger partial charge in [0.2, 0.25) is 0 Å². The van der Waals surface area contributed by atoms with Crippen LogP contribution in [0.25, 0.3) is 0 Å². The summed E-state index contributed by atoms with van der Waals surface area (Å²) in [6, 6.07) is -1.18. The van der Waals surface area contributed by atoms with Crippen molar-refractivity contribution in [1.29, 1.82) is 5.41 Å². The summed E-state index contributed by atoms with van der Waals surface area (Å²) >= 11 is 0. The van der Waals surface area contributed by atoms with Crippen LogP contribution in [0.5, 0.6) is 0 Å². The topological polar surface area (TPSA) is 110 Å². The molecule has 0 aliphatic rings. The van der Waals surface area contributed by atoms with Crippen molar-refractivity contribution in [2.24, 2.45) is 5.73 Å². The standard InChI is InChI=1S/C4H8N2O3/c5-2(4(6)9)1-3(7)8/h2H,1,5H2,(H2,6,9)(H,7,8)/p-1/t2-/m0/s1. The number of rotatable bonds is 3. The van der Waals surface area contributed by atoms with E-state index in [0.29, 0.717) is 0 Å². The van der Waals surface area contributed by atoms with Gasteiger partial charge in [0.05, 0.1) is 6.42 Å². The first kappa shape index (κ1) is 7.90. The van der Waals surface area contributed by atoms with Gasteiger partial charge in [0.25, 0.3) is 0 Å². The third-order valence-electron chi connectivity index (χ3n) is 0.731. The molecule has 0 amide bonds. The first-order valence-electron chi connectivity index (χ1n) is 2.27. The quantitative estimate of drug-likeness (QED) is 0.307. The number of carboxylic acid groups (broad SMARTS) is 1. The number of nitrogens with one attached hydrogen (secondary N) is 1. The Kier molecular flexibility index (Phi) is 2.66. The van der Waals surface area contributed by atoms with Crippen LogP contribution in [0.4, 0.5) is 0 Å². The lowest BCUT2D eigenvalue weighted by molar-refractivity contribution is -0.222. The second-order valence-corrected chi connectivity index (χ2v) is 1.57. The van der Waals surface area contributed by atoms with Gasteiger partial charge in [0.1, 0.15) is 0 Å². The molecule has 5 nitrogen and oxygen atoms in total. The molecule has 5 heteroatoms. The van der Waals surface area contributed by atoms with E-state index in [1.807, 2.05) is 0 Å². The van der Waals surface area contributed by atoms with Crippen molar-refractivity contribution in [1.82, 2.24) is 0 Å². The first-order chi connectivity index (χ1) is 4.04. The van der Waals surface area contributed by atoms with Crippen molar-refractivity contribution in [3.05, 3.63) is 0 Å². The Labute approximate surface area is 51.6 Å². The maximum atomic E-state index is 9.96. The van der Waals surface area contributed by atoms with E-state index in [4.69, 9.17) is 16.2 Å². The molecular weight excluding hydrogens is 124 g/mol. The maximum absolute atomic E-state index is 9.96. The Morgan fingerprint density at radius 1 is 1.89 bits per heavy atom. The van der Waals surface area contributed by atoms with Crippen LogP contribution in [0.1, 0.15) is 6.42 Å². The van der Waals surface area contributed by atoms with Crippen LogP contribution in [0.15, 0.2) is 0 Å². The summed E-state index contributed by atoms with van der Waals surface area (Å²) in [7, 11) is 0. The molecule has 0 saturated carbocycles. The summed E-state index contributed by atoms with van der Waals surface area (Å²) in [6.45, 7) is 0. The molecule has 0 fully saturated rings. The van der Waals surface area contributed by atoms with Gasteiger partial charge in [-0.3, -0.25) is 4.79 Å². The smallest absolute Gasteiger partial charge is 0.305 e. The Balaban J connectivity index is 3.63. The predicted octanol–water partition coefficient (Wildman–Crippen LogP) is -1.87. The van der Waals surface area contributed by atoms with E-state index in [9.17, 15) is 9.90 Å². The summed E-state index contributed by atoms with van der Waals surface area (Å²) in [6.07, 6.45) is -0.470. The third-order valence-corrected chi connectivity index (χ3v) is 0.731. The number of carboxylic acids is 1. The molecule has 52 valence electrons. The van der Waals surface area contributed by atoms with Gasteiger partial charge in [0, 0.05) is 6.04 Å². The van der Waals surface area contributed by atoms with E-state index in [0.717, 1.165) is 0 Å². The van der Waals surface area contributed by atoms with E-state index in [2.05, 4.69) is 0 Å².